The Hall–Kier alpha value is -2.16. The maximum atomic E-state index is 12.5. The highest BCUT2D eigenvalue weighted by Crippen LogP contribution is 2.31. The molecule has 0 bridgehead atoms. The number of likely N-dealkylation sites (N-methyl/N-ethyl adjacent to an activating group) is 2. The third-order valence-electron chi connectivity index (χ3n) is 6.77. The van der Waals surface area contributed by atoms with Crippen LogP contribution in [0, 0.1) is 0 Å². The van der Waals surface area contributed by atoms with Crippen LogP contribution in [-0.4, -0.2) is 94.2 Å². The van der Waals surface area contributed by atoms with Gasteiger partial charge in [-0.1, -0.05) is 12.1 Å². The van der Waals surface area contributed by atoms with Crippen LogP contribution in [0.3, 0.4) is 0 Å². The van der Waals surface area contributed by atoms with Crippen LogP contribution in [0.15, 0.2) is 18.2 Å². The molecule has 0 unspecified atom stereocenters. The molecule has 1 aromatic carbocycles. The fourth-order valence-electron chi connectivity index (χ4n) is 4.75. The Morgan fingerprint density at radius 3 is 2.61 bits per heavy atom. The van der Waals surface area contributed by atoms with Gasteiger partial charge in [0, 0.05) is 65.2 Å². The number of piperazine rings is 1. The molecular weight excluding hydrogens is 394 g/mol. The van der Waals surface area contributed by atoms with Crippen molar-refractivity contribution < 1.29 is 14.3 Å². The maximum absolute atomic E-state index is 12.5. The van der Waals surface area contributed by atoms with E-state index in [1.165, 1.54) is 16.8 Å². The Kier molecular flexibility index (Phi) is 7.09. The van der Waals surface area contributed by atoms with Crippen molar-refractivity contribution in [2.24, 2.45) is 0 Å². The van der Waals surface area contributed by atoms with Gasteiger partial charge in [-0.2, -0.15) is 0 Å². The molecule has 0 aromatic heterocycles. The van der Waals surface area contributed by atoms with E-state index in [-0.39, 0.29) is 12.1 Å². The number of ether oxygens (including phenoxy) is 1. The minimum absolute atomic E-state index is 0.0272. The first-order valence-electron chi connectivity index (χ1n) is 11.5. The number of hydrogen-bond donors (Lipinski definition) is 2. The van der Waals surface area contributed by atoms with E-state index in [1.54, 1.807) is 0 Å². The Balaban J connectivity index is 1.40. The zero-order valence-electron chi connectivity index (χ0n) is 18.7. The summed E-state index contributed by atoms with van der Waals surface area (Å²) in [5.41, 5.74) is 3.86. The molecule has 8 nitrogen and oxygen atoms in total. The Morgan fingerprint density at radius 1 is 1.10 bits per heavy atom. The molecule has 2 N–H and O–H groups in total. The average Bonchev–Trinajstić information content (AvgIpc) is 3.43. The molecule has 4 rings (SSSR count). The van der Waals surface area contributed by atoms with Gasteiger partial charge < -0.3 is 25.2 Å². The van der Waals surface area contributed by atoms with Crippen molar-refractivity contribution in [1.29, 1.82) is 0 Å². The van der Waals surface area contributed by atoms with Gasteiger partial charge in [0.2, 0.25) is 0 Å². The normalized spacial score (nSPS) is 22.9. The monoisotopic (exact) mass is 429 g/mol. The van der Waals surface area contributed by atoms with Crippen molar-refractivity contribution in [3.05, 3.63) is 29.3 Å². The van der Waals surface area contributed by atoms with E-state index in [0.717, 1.165) is 58.6 Å². The van der Waals surface area contributed by atoms with Crippen LogP contribution in [0.4, 0.5) is 5.69 Å². The molecule has 3 aliphatic rings. The van der Waals surface area contributed by atoms with Gasteiger partial charge in [-0.25, -0.2) is 0 Å². The fraction of sp³-hybridized carbons (Fsp3) is 0.652. The fourth-order valence-corrected chi connectivity index (χ4v) is 4.75. The Labute approximate surface area is 184 Å². The topological polar surface area (TPSA) is 77.1 Å². The number of rotatable bonds is 6. The van der Waals surface area contributed by atoms with Gasteiger partial charge in [0.15, 0.2) is 0 Å². The summed E-state index contributed by atoms with van der Waals surface area (Å²) in [5.74, 6) is -1.15. The number of anilines is 1. The van der Waals surface area contributed by atoms with Crippen LogP contribution in [0.25, 0.3) is 0 Å². The van der Waals surface area contributed by atoms with Crippen LogP contribution in [0.5, 0.6) is 0 Å². The molecule has 2 atom stereocenters. The number of nitrogens with one attached hydrogen (secondary N) is 2. The Bertz CT molecular complexity index is 787. The standard InChI is InChI=1S/C23H35N5O3/c1-26-9-11-28(12-10-26)21(17-5-6-20-18(14-17)7-8-27(20)2)16-25-23(30)22(29)24-15-19-4-3-13-31-19/h5-6,14,19,21H,3-4,7-13,15-16H2,1-2H3,(H,24,29)(H,25,30)/t19-,21-/m1/s1. The molecule has 2 amide bonds. The van der Waals surface area contributed by atoms with Gasteiger partial charge in [-0.05, 0) is 43.5 Å². The van der Waals surface area contributed by atoms with Crippen molar-refractivity contribution in [2.75, 3.05) is 71.4 Å². The van der Waals surface area contributed by atoms with Crippen molar-refractivity contribution in [2.45, 2.75) is 31.4 Å². The van der Waals surface area contributed by atoms with E-state index in [1.807, 2.05) is 0 Å². The van der Waals surface area contributed by atoms with E-state index >= 15 is 0 Å². The summed E-state index contributed by atoms with van der Waals surface area (Å²) in [4.78, 5) is 31.7. The van der Waals surface area contributed by atoms with E-state index < -0.39 is 11.8 Å². The summed E-state index contributed by atoms with van der Waals surface area (Å²) in [6, 6.07) is 6.70. The van der Waals surface area contributed by atoms with Crippen LogP contribution in [0.1, 0.15) is 30.0 Å². The molecule has 31 heavy (non-hydrogen) atoms. The molecule has 2 saturated heterocycles. The first kappa shape index (κ1) is 22.0. The van der Waals surface area contributed by atoms with Gasteiger partial charge in [-0.3, -0.25) is 14.5 Å². The molecule has 1 aromatic rings. The first-order chi connectivity index (χ1) is 15.0. The molecule has 2 fully saturated rings. The summed E-state index contributed by atoms with van der Waals surface area (Å²) in [6.45, 7) is 6.48. The minimum Gasteiger partial charge on any atom is -0.376 e. The van der Waals surface area contributed by atoms with Crippen LogP contribution in [-0.2, 0) is 20.7 Å². The highest BCUT2D eigenvalue weighted by Gasteiger charge is 2.27. The van der Waals surface area contributed by atoms with E-state index in [4.69, 9.17) is 4.74 Å². The lowest BCUT2D eigenvalue weighted by atomic mass is 10.00. The minimum atomic E-state index is -0.580. The van der Waals surface area contributed by atoms with Crippen molar-refractivity contribution in [3.63, 3.8) is 0 Å². The smallest absolute Gasteiger partial charge is 0.309 e. The number of hydrogen-bond acceptors (Lipinski definition) is 6. The maximum Gasteiger partial charge on any atom is 0.309 e. The van der Waals surface area contributed by atoms with Gasteiger partial charge in [-0.15, -0.1) is 0 Å². The molecule has 0 spiro atoms. The van der Waals surface area contributed by atoms with E-state index in [9.17, 15) is 9.59 Å². The summed E-state index contributed by atoms with van der Waals surface area (Å²) in [7, 11) is 4.26. The molecular formula is C23H35N5O3. The predicted molar refractivity (Wildman–Crippen MR) is 120 cm³/mol. The SMILES string of the molecule is CN1CCN([C@H](CNC(=O)C(=O)NC[C@H]2CCCO2)c2ccc3c(c2)CCN3C)CC1. The van der Waals surface area contributed by atoms with Crippen LogP contribution < -0.4 is 15.5 Å². The highest BCUT2D eigenvalue weighted by atomic mass is 16.5. The molecule has 8 heteroatoms. The quantitative estimate of drug-likeness (QED) is 0.637. The van der Waals surface area contributed by atoms with E-state index in [0.29, 0.717) is 13.1 Å². The lowest BCUT2D eigenvalue weighted by Crippen LogP contribution is -2.50. The van der Waals surface area contributed by atoms with Gasteiger partial charge in [0.05, 0.1) is 12.1 Å². The predicted octanol–water partition coefficient (Wildman–Crippen LogP) is 0.379. The third kappa shape index (κ3) is 5.37. The average molecular weight is 430 g/mol. The molecule has 0 saturated carbocycles. The van der Waals surface area contributed by atoms with Gasteiger partial charge in [0.1, 0.15) is 0 Å². The van der Waals surface area contributed by atoms with Crippen molar-refractivity contribution in [3.8, 4) is 0 Å². The second kappa shape index (κ2) is 9.97. The number of fused-ring (bicyclic) bond motifs is 1. The molecule has 0 radical (unpaired) electrons. The van der Waals surface area contributed by atoms with Crippen molar-refractivity contribution in [1.82, 2.24) is 20.4 Å². The zero-order valence-corrected chi connectivity index (χ0v) is 18.7. The second-order valence-corrected chi connectivity index (χ2v) is 8.97. The van der Waals surface area contributed by atoms with E-state index in [2.05, 4.69) is 57.6 Å². The summed E-state index contributed by atoms with van der Waals surface area (Å²) < 4.78 is 5.51. The zero-order chi connectivity index (χ0) is 21.8. The van der Waals surface area contributed by atoms with Crippen molar-refractivity contribution >= 4 is 17.5 Å². The van der Waals surface area contributed by atoms with Gasteiger partial charge in [0.25, 0.3) is 0 Å². The lowest BCUT2D eigenvalue weighted by molar-refractivity contribution is -0.139. The third-order valence-corrected chi connectivity index (χ3v) is 6.77. The number of benzene rings is 1. The number of nitrogens with zero attached hydrogens (tertiary/aromatic N) is 3. The number of amides is 2. The number of carbonyl (C=O) groups excluding carboxylic acids is 2. The molecule has 3 heterocycles. The molecule has 3 aliphatic heterocycles. The summed E-state index contributed by atoms with van der Waals surface area (Å²) in [6.07, 6.45) is 3.02. The number of carbonyl (C=O) groups is 2. The summed E-state index contributed by atoms with van der Waals surface area (Å²) >= 11 is 0. The second-order valence-electron chi connectivity index (χ2n) is 8.97. The first-order valence-corrected chi connectivity index (χ1v) is 11.5. The largest absolute Gasteiger partial charge is 0.376 e. The summed E-state index contributed by atoms with van der Waals surface area (Å²) in [5, 5.41) is 5.59. The Morgan fingerprint density at radius 2 is 1.87 bits per heavy atom. The molecule has 0 aliphatic carbocycles. The molecule has 170 valence electrons. The van der Waals surface area contributed by atoms with Crippen LogP contribution in [0.2, 0.25) is 0 Å². The highest BCUT2D eigenvalue weighted by molar-refractivity contribution is 6.35. The van der Waals surface area contributed by atoms with Crippen LogP contribution >= 0.6 is 0 Å². The van der Waals surface area contributed by atoms with Gasteiger partial charge >= 0.3 is 11.8 Å². The lowest BCUT2D eigenvalue weighted by Gasteiger charge is -2.38.